The Kier molecular flexibility index (Phi) is 9.48. The summed E-state index contributed by atoms with van der Waals surface area (Å²) in [6.45, 7) is 22.0. The van der Waals surface area contributed by atoms with Gasteiger partial charge in [-0.1, -0.05) is 71.3 Å². The Labute approximate surface area is 151 Å². The van der Waals surface area contributed by atoms with Crippen molar-refractivity contribution in [1.82, 2.24) is 4.90 Å². The van der Waals surface area contributed by atoms with E-state index in [9.17, 15) is 0 Å². The molecule has 24 heavy (non-hydrogen) atoms. The highest BCUT2D eigenvalue weighted by Crippen LogP contribution is 2.37. The molecule has 0 saturated carbocycles. The van der Waals surface area contributed by atoms with Crippen LogP contribution in [0, 0.1) is 11.3 Å². The molecule has 1 nitrogen and oxygen atoms in total. The molecule has 1 heterocycles. The van der Waals surface area contributed by atoms with Crippen LogP contribution in [0.4, 0.5) is 0 Å². The van der Waals surface area contributed by atoms with Crippen LogP contribution in [-0.2, 0) is 0 Å². The maximum absolute atomic E-state index is 4.41. The monoisotopic (exact) mass is 331 g/mol. The lowest BCUT2D eigenvalue weighted by Gasteiger charge is -2.32. The third kappa shape index (κ3) is 7.73. The first-order chi connectivity index (χ1) is 11.4. The van der Waals surface area contributed by atoms with E-state index in [2.05, 4.69) is 45.4 Å². The zero-order chi connectivity index (χ0) is 18.0. The van der Waals surface area contributed by atoms with Crippen molar-refractivity contribution in [3.05, 3.63) is 37.1 Å². The van der Waals surface area contributed by atoms with Crippen LogP contribution in [0.5, 0.6) is 0 Å². The zero-order valence-electron chi connectivity index (χ0n) is 16.7. The molecule has 1 aliphatic rings. The predicted molar refractivity (Wildman–Crippen MR) is 109 cm³/mol. The summed E-state index contributed by atoms with van der Waals surface area (Å²) in [4.78, 5) is 2.49. The standard InChI is InChI=1S/C23H41N/c1-7-8-9-10-11-12-13-14-15-21(3)23(5,6)18-22(4)24-17-16-20(2)19-24/h7,20H,1,3-4,8-19H2,2,5-6H3. The number of allylic oxidation sites excluding steroid dienone is 3. The first kappa shape index (κ1) is 21.1. The van der Waals surface area contributed by atoms with E-state index in [1.807, 2.05) is 6.08 Å². The van der Waals surface area contributed by atoms with Crippen LogP contribution < -0.4 is 0 Å². The van der Waals surface area contributed by atoms with Gasteiger partial charge in [0.25, 0.3) is 0 Å². The maximum Gasteiger partial charge on any atom is 0.0201 e. The van der Waals surface area contributed by atoms with Crippen LogP contribution in [0.15, 0.2) is 37.1 Å². The van der Waals surface area contributed by atoms with Gasteiger partial charge in [-0.2, -0.15) is 0 Å². The summed E-state index contributed by atoms with van der Waals surface area (Å²) < 4.78 is 0. The van der Waals surface area contributed by atoms with E-state index < -0.39 is 0 Å². The highest BCUT2D eigenvalue weighted by Gasteiger charge is 2.27. The van der Waals surface area contributed by atoms with Gasteiger partial charge in [-0.05, 0) is 49.9 Å². The van der Waals surface area contributed by atoms with Crippen LogP contribution >= 0.6 is 0 Å². The molecule has 1 saturated heterocycles. The molecule has 0 aromatic rings. The van der Waals surface area contributed by atoms with Gasteiger partial charge in [-0.15, -0.1) is 6.58 Å². The first-order valence-corrected chi connectivity index (χ1v) is 10.1. The lowest BCUT2D eigenvalue weighted by atomic mass is 9.78. The van der Waals surface area contributed by atoms with E-state index in [1.165, 1.54) is 82.1 Å². The molecule has 138 valence electrons. The fraction of sp³-hybridized carbons (Fsp3) is 0.739. The first-order valence-electron chi connectivity index (χ1n) is 10.1. The average molecular weight is 332 g/mol. The fourth-order valence-corrected chi connectivity index (χ4v) is 3.64. The van der Waals surface area contributed by atoms with E-state index in [4.69, 9.17) is 0 Å². The van der Waals surface area contributed by atoms with Crippen LogP contribution in [0.2, 0.25) is 0 Å². The van der Waals surface area contributed by atoms with Crippen LogP contribution in [0.3, 0.4) is 0 Å². The summed E-state index contributed by atoms with van der Waals surface area (Å²) in [6, 6.07) is 0. The Morgan fingerprint density at radius 1 is 1.08 bits per heavy atom. The molecule has 1 unspecified atom stereocenters. The van der Waals surface area contributed by atoms with Gasteiger partial charge in [-0.3, -0.25) is 0 Å². The lowest BCUT2D eigenvalue weighted by Crippen LogP contribution is -2.25. The minimum atomic E-state index is 0.173. The van der Waals surface area contributed by atoms with Gasteiger partial charge in [0.2, 0.25) is 0 Å². The lowest BCUT2D eigenvalue weighted by molar-refractivity contribution is 0.331. The number of hydrogen-bond acceptors (Lipinski definition) is 1. The van der Waals surface area contributed by atoms with Gasteiger partial charge in [0.1, 0.15) is 0 Å². The summed E-state index contributed by atoms with van der Waals surface area (Å²) in [5.74, 6) is 0.819. The Morgan fingerprint density at radius 2 is 1.71 bits per heavy atom. The molecular weight excluding hydrogens is 290 g/mol. The van der Waals surface area contributed by atoms with Crippen molar-refractivity contribution in [3.63, 3.8) is 0 Å². The molecule has 0 aromatic heterocycles. The smallest absolute Gasteiger partial charge is 0.0201 e. The van der Waals surface area contributed by atoms with Gasteiger partial charge < -0.3 is 4.90 Å². The van der Waals surface area contributed by atoms with Crippen molar-refractivity contribution < 1.29 is 0 Å². The van der Waals surface area contributed by atoms with Crippen molar-refractivity contribution in [2.45, 2.75) is 85.0 Å². The molecular formula is C23H41N. The summed E-state index contributed by atoms with van der Waals surface area (Å²) >= 11 is 0. The number of nitrogens with zero attached hydrogens (tertiary/aromatic N) is 1. The van der Waals surface area contributed by atoms with Crippen molar-refractivity contribution >= 4 is 0 Å². The third-order valence-electron chi connectivity index (χ3n) is 5.61. The molecule has 1 atom stereocenters. The zero-order valence-corrected chi connectivity index (χ0v) is 16.7. The quantitative estimate of drug-likeness (QED) is 0.256. The minimum absolute atomic E-state index is 0.173. The summed E-state index contributed by atoms with van der Waals surface area (Å²) in [5.41, 5.74) is 2.89. The molecule has 0 bridgehead atoms. The average Bonchev–Trinajstić information content (AvgIpc) is 2.96. The molecule has 0 amide bonds. The largest absolute Gasteiger partial charge is 0.375 e. The Hall–Kier alpha value is -0.980. The normalized spacial score (nSPS) is 18.0. The van der Waals surface area contributed by atoms with Crippen molar-refractivity contribution in [3.8, 4) is 0 Å². The summed E-state index contributed by atoms with van der Waals surface area (Å²) in [6.07, 6.45) is 14.8. The molecule has 0 aromatic carbocycles. The van der Waals surface area contributed by atoms with Crippen molar-refractivity contribution in [2.75, 3.05) is 13.1 Å². The van der Waals surface area contributed by atoms with Gasteiger partial charge in [0.05, 0.1) is 0 Å². The molecule has 0 N–H and O–H groups in total. The van der Waals surface area contributed by atoms with Crippen LogP contribution in [0.25, 0.3) is 0 Å². The summed E-state index contributed by atoms with van der Waals surface area (Å²) in [5, 5.41) is 0. The summed E-state index contributed by atoms with van der Waals surface area (Å²) in [7, 11) is 0. The maximum atomic E-state index is 4.41. The molecule has 1 rings (SSSR count). The second kappa shape index (κ2) is 10.8. The predicted octanol–water partition coefficient (Wildman–Crippen LogP) is 7.12. The Morgan fingerprint density at radius 3 is 2.29 bits per heavy atom. The second-order valence-corrected chi connectivity index (χ2v) is 8.52. The number of rotatable bonds is 13. The topological polar surface area (TPSA) is 3.24 Å². The molecule has 0 aliphatic carbocycles. The molecule has 0 radical (unpaired) electrons. The van der Waals surface area contributed by atoms with Gasteiger partial charge >= 0.3 is 0 Å². The van der Waals surface area contributed by atoms with Gasteiger partial charge in [0.15, 0.2) is 0 Å². The van der Waals surface area contributed by atoms with Gasteiger partial charge in [0, 0.05) is 18.8 Å². The van der Waals surface area contributed by atoms with Crippen molar-refractivity contribution in [2.24, 2.45) is 11.3 Å². The van der Waals surface area contributed by atoms with Crippen molar-refractivity contribution in [1.29, 1.82) is 0 Å². The molecule has 0 spiro atoms. The van der Waals surface area contributed by atoms with Crippen LogP contribution in [0.1, 0.15) is 85.0 Å². The highest BCUT2D eigenvalue weighted by atomic mass is 15.2. The van der Waals surface area contributed by atoms with E-state index in [0.29, 0.717) is 0 Å². The van der Waals surface area contributed by atoms with Crippen LogP contribution in [-0.4, -0.2) is 18.0 Å². The Bertz CT molecular complexity index is 404. The third-order valence-corrected chi connectivity index (χ3v) is 5.61. The number of hydrogen-bond donors (Lipinski definition) is 0. The second-order valence-electron chi connectivity index (χ2n) is 8.52. The fourth-order valence-electron chi connectivity index (χ4n) is 3.64. The van der Waals surface area contributed by atoms with E-state index in [0.717, 1.165) is 12.3 Å². The highest BCUT2D eigenvalue weighted by molar-refractivity contribution is 5.13. The molecule has 1 heteroatoms. The van der Waals surface area contributed by atoms with E-state index >= 15 is 0 Å². The number of likely N-dealkylation sites (tertiary alicyclic amines) is 1. The molecule has 1 fully saturated rings. The van der Waals surface area contributed by atoms with E-state index in [1.54, 1.807) is 0 Å². The van der Waals surface area contributed by atoms with E-state index in [-0.39, 0.29) is 5.41 Å². The minimum Gasteiger partial charge on any atom is -0.375 e. The molecule has 1 aliphatic heterocycles. The number of unbranched alkanes of at least 4 members (excludes halogenated alkanes) is 6. The SMILES string of the molecule is C=CCCCCCCCCC(=C)C(C)(C)CC(=C)N1CCC(C)C1. The Balaban J connectivity index is 2.20. The van der Waals surface area contributed by atoms with Gasteiger partial charge in [-0.25, -0.2) is 0 Å².